The number of hydrogen-bond acceptors (Lipinski definition) is 1. The van der Waals surface area contributed by atoms with E-state index in [-0.39, 0.29) is 5.82 Å². The molecule has 1 aliphatic carbocycles. The molecule has 1 aromatic rings. The summed E-state index contributed by atoms with van der Waals surface area (Å²) < 4.78 is 27.3. The molecule has 0 saturated heterocycles. The van der Waals surface area contributed by atoms with E-state index in [1.165, 1.54) is 32.5 Å². The number of aliphatic imine (C=N–C) groups is 1. The number of rotatable bonds is 4. The Balaban J connectivity index is 2.15. The number of nitrogens with zero attached hydrogens (tertiary/aromatic N) is 1. The van der Waals surface area contributed by atoms with Crippen LogP contribution in [0.25, 0.3) is 5.70 Å². The molecule has 1 aromatic carbocycles. The SMILES string of the molecule is C=C(/N=C/C(C)(C)F)c1ccc(C2CCC2)c(F)c1. The van der Waals surface area contributed by atoms with Gasteiger partial charge in [-0.05, 0) is 44.2 Å². The molecule has 1 saturated carbocycles. The van der Waals surface area contributed by atoms with E-state index in [1.54, 1.807) is 6.07 Å². The van der Waals surface area contributed by atoms with Crippen LogP contribution in [-0.4, -0.2) is 11.9 Å². The highest BCUT2D eigenvalue weighted by Gasteiger charge is 2.22. The number of benzene rings is 1. The summed E-state index contributed by atoms with van der Waals surface area (Å²) in [5, 5.41) is 0. The Morgan fingerprint density at radius 3 is 2.58 bits per heavy atom. The van der Waals surface area contributed by atoms with Gasteiger partial charge in [-0.25, -0.2) is 8.78 Å². The van der Waals surface area contributed by atoms with Gasteiger partial charge in [0, 0.05) is 11.8 Å². The van der Waals surface area contributed by atoms with Crippen LogP contribution in [0.5, 0.6) is 0 Å². The standard InChI is InChI=1S/C16H19F2N/c1-11(19-10-16(2,3)18)13-7-8-14(15(17)9-13)12-5-4-6-12/h7-10,12H,1,4-6H2,2-3H3/b19-10+. The summed E-state index contributed by atoms with van der Waals surface area (Å²) in [6, 6.07) is 5.05. The van der Waals surface area contributed by atoms with Crippen LogP contribution < -0.4 is 0 Å². The molecule has 0 bridgehead atoms. The molecular formula is C16H19F2N. The average Bonchev–Trinajstić information content (AvgIpc) is 2.25. The number of halogens is 2. The zero-order valence-corrected chi connectivity index (χ0v) is 11.4. The Bertz CT molecular complexity index is 508. The van der Waals surface area contributed by atoms with Crippen molar-refractivity contribution in [2.45, 2.75) is 44.7 Å². The van der Waals surface area contributed by atoms with E-state index in [4.69, 9.17) is 0 Å². The second-order valence-corrected chi connectivity index (χ2v) is 5.63. The molecule has 102 valence electrons. The van der Waals surface area contributed by atoms with Crippen LogP contribution in [0.1, 0.15) is 50.2 Å². The number of hydrogen-bond donors (Lipinski definition) is 0. The van der Waals surface area contributed by atoms with E-state index in [0.717, 1.165) is 18.4 Å². The molecule has 0 amide bonds. The minimum atomic E-state index is -1.49. The third-order valence-electron chi connectivity index (χ3n) is 3.41. The predicted molar refractivity (Wildman–Crippen MR) is 75.7 cm³/mol. The molecule has 1 aliphatic rings. The molecule has 1 nitrogen and oxygen atoms in total. The normalized spacial score (nSPS) is 16.6. The lowest BCUT2D eigenvalue weighted by Gasteiger charge is -2.26. The minimum Gasteiger partial charge on any atom is -0.258 e. The van der Waals surface area contributed by atoms with Gasteiger partial charge < -0.3 is 0 Å². The molecule has 2 rings (SSSR count). The highest BCUT2D eigenvalue weighted by atomic mass is 19.1. The van der Waals surface area contributed by atoms with Crippen molar-refractivity contribution in [2.75, 3.05) is 0 Å². The average molecular weight is 263 g/mol. The van der Waals surface area contributed by atoms with Crippen LogP contribution in [-0.2, 0) is 0 Å². The molecule has 0 radical (unpaired) electrons. The largest absolute Gasteiger partial charge is 0.258 e. The van der Waals surface area contributed by atoms with Gasteiger partial charge in [0.15, 0.2) is 0 Å². The summed E-state index contributed by atoms with van der Waals surface area (Å²) in [4.78, 5) is 3.95. The fourth-order valence-corrected chi connectivity index (χ4v) is 2.06. The van der Waals surface area contributed by atoms with Gasteiger partial charge in [-0.15, -0.1) is 0 Å². The van der Waals surface area contributed by atoms with Gasteiger partial charge in [0.05, 0.1) is 5.70 Å². The Morgan fingerprint density at radius 1 is 1.42 bits per heavy atom. The summed E-state index contributed by atoms with van der Waals surface area (Å²) in [7, 11) is 0. The lowest BCUT2D eigenvalue weighted by atomic mass is 9.79. The third-order valence-corrected chi connectivity index (χ3v) is 3.41. The van der Waals surface area contributed by atoms with Gasteiger partial charge >= 0.3 is 0 Å². The first-order valence-corrected chi connectivity index (χ1v) is 6.60. The first kappa shape index (κ1) is 13.9. The highest BCUT2D eigenvalue weighted by Crippen LogP contribution is 2.38. The van der Waals surface area contributed by atoms with Crippen LogP contribution in [0.4, 0.5) is 8.78 Å². The fourth-order valence-electron chi connectivity index (χ4n) is 2.06. The van der Waals surface area contributed by atoms with Crippen molar-refractivity contribution >= 4 is 11.9 Å². The van der Waals surface area contributed by atoms with Gasteiger partial charge in [-0.3, -0.25) is 4.99 Å². The van der Waals surface area contributed by atoms with E-state index >= 15 is 0 Å². The second kappa shape index (κ2) is 5.24. The predicted octanol–water partition coefficient (Wildman–Crippen LogP) is 4.88. The van der Waals surface area contributed by atoms with Gasteiger partial charge in [0.25, 0.3) is 0 Å². The molecule has 19 heavy (non-hydrogen) atoms. The molecule has 0 unspecified atom stereocenters. The lowest BCUT2D eigenvalue weighted by molar-refractivity contribution is 0.321. The smallest absolute Gasteiger partial charge is 0.140 e. The van der Waals surface area contributed by atoms with E-state index in [9.17, 15) is 8.78 Å². The Kier molecular flexibility index (Phi) is 3.83. The van der Waals surface area contributed by atoms with Crippen molar-refractivity contribution in [3.05, 3.63) is 41.7 Å². The first-order chi connectivity index (χ1) is 8.87. The van der Waals surface area contributed by atoms with Crippen molar-refractivity contribution in [1.82, 2.24) is 0 Å². The van der Waals surface area contributed by atoms with Crippen molar-refractivity contribution in [3.8, 4) is 0 Å². The van der Waals surface area contributed by atoms with Crippen molar-refractivity contribution in [3.63, 3.8) is 0 Å². The molecule has 0 heterocycles. The summed E-state index contributed by atoms with van der Waals surface area (Å²) in [5.41, 5.74) is 0.260. The summed E-state index contributed by atoms with van der Waals surface area (Å²) in [5.74, 6) is 0.147. The Hall–Kier alpha value is -1.51. The summed E-state index contributed by atoms with van der Waals surface area (Å²) >= 11 is 0. The zero-order valence-electron chi connectivity index (χ0n) is 11.4. The maximum atomic E-state index is 14.0. The summed E-state index contributed by atoms with van der Waals surface area (Å²) in [6.45, 7) is 6.56. The van der Waals surface area contributed by atoms with Gasteiger partial charge in [0.1, 0.15) is 11.5 Å². The van der Waals surface area contributed by atoms with E-state index in [2.05, 4.69) is 11.6 Å². The maximum Gasteiger partial charge on any atom is 0.140 e. The van der Waals surface area contributed by atoms with Crippen LogP contribution in [0.15, 0.2) is 29.8 Å². The minimum absolute atomic E-state index is 0.210. The molecule has 0 spiro atoms. The summed E-state index contributed by atoms with van der Waals surface area (Å²) in [6.07, 6.45) is 4.48. The van der Waals surface area contributed by atoms with Crippen molar-refractivity contribution in [2.24, 2.45) is 4.99 Å². The van der Waals surface area contributed by atoms with Crippen LogP contribution >= 0.6 is 0 Å². The highest BCUT2D eigenvalue weighted by molar-refractivity contribution is 5.77. The quantitative estimate of drug-likeness (QED) is 0.686. The molecule has 1 fully saturated rings. The fraction of sp³-hybridized carbons (Fsp3) is 0.438. The van der Waals surface area contributed by atoms with Crippen LogP contribution in [0, 0.1) is 5.82 Å². The monoisotopic (exact) mass is 263 g/mol. The molecule has 0 aromatic heterocycles. The van der Waals surface area contributed by atoms with Crippen molar-refractivity contribution < 1.29 is 8.78 Å². The van der Waals surface area contributed by atoms with E-state index in [0.29, 0.717) is 17.2 Å². The number of alkyl halides is 1. The van der Waals surface area contributed by atoms with E-state index < -0.39 is 5.67 Å². The maximum absolute atomic E-state index is 14.0. The zero-order chi connectivity index (χ0) is 14.0. The molecule has 3 heteroatoms. The van der Waals surface area contributed by atoms with Gasteiger partial charge in [-0.2, -0.15) is 0 Å². The van der Waals surface area contributed by atoms with Crippen molar-refractivity contribution in [1.29, 1.82) is 0 Å². The van der Waals surface area contributed by atoms with E-state index in [1.807, 2.05) is 6.07 Å². The van der Waals surface area contributed by atoms with Crippen LogP contribution in [0.2, 0.25) is 0 Å². The van der Waals surface area contributed by atoms with Gasteiger partial charge in [-0.1, -0.05) is 25.1 Å². The van der Waals surface area contributed by atoms with Gasteiger partial charge in [0.2, 0.25) is 0 Å². The topological polar surface area (TPSA) is 12.4 Å². The molecule has 0 N–H and O–H groups in total. The second-order valence-electron chi connectivity index (χ2n) is 5.63. The molecule has 0 aliphatic heterocycles. The Morgan fingerprint density at radius 2 is 2.11 bits per heavy atom. The third kappa shape index (κ3) is 3.49. The first-order valence-electron chi connectivity index (χ1n) is 6.60. The molecular weight excluding hydrogens is 244 g/mol. The molecule has 0 atom stereocenters. The van der Waals surface area contributed by atoms with Crippen LogP contribution in [0.3, 0.4) is 0 Å². The lowest BCUT2D eigenvalue weighted by Crippen LogP contribution is -2.13. The Labute approximate surface area is 113 Å².